The van der Waals surface area contributed by atoms with E-state index in [4.69, 9.17) is 19.7 Å². The molecule has 0 fully saturated rings. The van der Waals surface area contributed by atoms with Crippen LogP contribution >= 0.6 is 0 Å². The zero-order valence-corrected chi connectivity index (χ0v) is 11.4. The summed E-state index contributed by atoms with van der Waals surface area (Å²) >= 11 is 0. The highest BCUT2D eigenvalue weighted by Gasteiger charge is 2.28. The number of fused-ring (bicyclic) bond motifs is 1. The fourth-order valence-corrected chi connectivity index (χ4v) is 1.95. The molecule has 1 aromatic carbocycles. The van der Waals surface area contributed by atoms with Crippen molar-refractivity contribution in [2.75, 3.05) is 6.61 Å². The first kappa shape index (κ1) is 12.9. The van der Waals surface area contributed by atoms with Gasteiger partial charge < -0.3 is 19.7 Å². The molecule has 0 radical (unpaired) electrons. The lowest BCUT2D eigenvalue weighted by Crippen LogP contribution is -2.23. The Balaban J connectivity index is 1.78. The van der Waals surface area contributed by atoms with E-state index in [9.17, 15) is 0 Å². The summed E-state index contributed by atoms with van der Waals surface area (Å²) < 4.78 is 16.7. The lowest BCUT2D eigenvalue weighted by atomic mass is 10.1. The molecule has 2 unspecified atom stereocenters. The number of hydrogen-bond acceptors (Lipinski definition) is 6. The van der Waals surface area contributed by atoms with Crippen molar-refractivity contribution in [1.82, 2.24) is 10.1 Å². The first-order valence-electron chi connectivity index (χ1n) is 6.62. The van der Waals surface area contributed by atoms with Crippen LogP contribution < -0.4 is 15.2 Å². The first-order valence-corrected chi connectivity index (χ1v) is 6.62. The predicted octanol–water partition coefficient (Wildman–Crippen LogP) is 2.24. The molecule has 1 aliphatic rings. The molecule has 1 aromatic heterocycles. The minimum Gasteiger partial charge on any atom is -0.485 e. The van der Waals surface area contributed by atoms with Gasteiger partial charge in [-0.15, -0.1) is 0 Å². The molecule has 1 aliphatic heterocycles. The second-order valence-electron chi connectivity index (χ2n) is 5.12. The van der Waals surface area contributed by atoms with Gasteiger partial charge in [-0.2, -0.15) is 4.98 Å². The smallest absolute Gasteiger partial charge is 0.243 e. The van der Waals surface area contributed by atoms with Crippen molar-refractivity contribution in [2.45, 2.75) is 26.0 Å². The van der Waals surface area contributed by atoms with E-state index in [1.165, 1.54) is 0 Å². The van der Waals surface area contributed by atoms with Gasteiger partial charge in [0.1, 0.15) is 6.61 Å². The van der Waals surface area contributed by atoms with Gasteiger partial charge in [-0.05, 0) is 18.1 Å². The third kappa shape index (κ3) is 2.34. The molecule has 106 valence electrons. The van der Waals surface area contributed by atoms with Crippen LogP contribution in [-0.2, 0) is 0 Å². The highest BCUT2D eigenvalue weighted by atomic mass is 16.6. The second-order valence-corrected chi connectivity index (χ2v) is 5.12. The molecule has 0 saturated carbocycles. The number of benzene rings is 1. The highest BCUT2D eigenvalue weighted by Crippen LogP contribution is 2.35. The fourth-order valence-electron chi connectivity index (χ4n) is 1.95. The Morgan fingerprint density at radius 1 is 1.25 bits per heavy atom. The van der Waals surface area contributed by atoms with Crippen LogP contribution in [0.4, 0.5) is 0 Å². The summed E-state index contributed by atoms with van der Waals surface area (Å²) in [6.45, 7) is 4.36. The van der Waals surface area contributed by atoms with Crippen LogP contribution in [0.5, 0.6) is 11.5 Å². The van der Waals surface area contributed by atoms with Crippen LogP contribution in [0.3, 0.4) is 0 Å². The van der Waals surface area contributed by atoms with E-state index in [1.54, 1.807) is 0 Å². The molecule has 0 aliphatic carbocycles. The van der Waals surface area contributed by atoms with Gasteiger partial charge in [0.05, 0.1) is 6.04 Å². The number of aromatic nitrogens is 2. The molecule has 0 amide bonds. The van der Waals surface area contributed by atoms with E-state index in [0.717, 1.165) is 5.75 Å². The number of rotatable bonds is 3. The van der Waals surface area contributed by atoms with E-state index in [-0.39, 0.29) is 18.1 Å². The van der Waals surface area contributed by atoms with Crippen LogP contribution in [0.2, 0.25) is 0 Å². The Hall–Kier alpha value is -2.08. The molecule has 0 spiro atoms. The van der Waals surface area contributed by atoms with E-state index in [0.29, 0.717) is 24.1 Å². The van der Waals surface area contributed by atoms with Crippen molar-refractivity contribution in [3.8, 4) is 11.5 Å². The van der Waals surface area contributed by atoms with Crippen molar-refractivity contribution in [3.63, 3.8) is 0 Å². The zero-order valence-electron chi connectivity index (χ0n) is 11.4. The van der Waals surface area contributed by atoms with Gasteiger partial charge in [0, 0.05) is 0 Å². The molecule has 2 heterocycles. The van der Waals surface area contributed by atoms with Gasteiger partial charge in [0.25, 0.3) is 0 Å². The minimum absolute atomic E-state index is 0.229. The van der Waals surface area contributed by atoms with E-state index in [1.807, 2.05) is 38.1 Å². The molecule has 20 heavy (non-hydrogen) atoms. The highest BCUT2D eigenvalue weighted by molar-refractivity contribution is 5.40. The van der Waals surface area contributed by atoms with Gasteiger partial charge in [0.2, 0.25) is 11.7 Å². The summed E-state index contributed by atoms with van der Waals surface area (Å²) in [5.41, 5.74) is 5.99. The Morgan fingerprint density at radius 2 is 2.00 bits per heavy atom. The molecule has 6 nitrogen and oxygen atoms in total. The average Bonchev–Trinajstić information content (AvgIpc) is 2.95. The van der Waals surface area contributed by atoms with Crippen molar-refractivity contribution in [3.05, 3.63) is 36.0 Å². The van der Waals surface area contributed by atoms with Crippen LogP contribution in [-0.4, -0.2) is 16.7 Å². The van der Waals surface area contributed by atoms with Crippen LogP contribution in [0.1, 0.15) is 37.7 Å². The number of para-hydroxylation sites is 2. The summed E-state index contributed by atoms with van der Waals surface area (Å²) in [6, 6.07) is 7.23. The molecule has 2 aromatic rings. The molecule has 6 heteroatoms. The monoisotopic (exact) mass is 275 g/mol. The molecule has 2 atom stereocenters. The van der Waals surface area contributed by atoms with Gasteiger partial charge in [-0.25, -0.2) is 0 Å². The molecule has 0 saturated heterocycles. The van der Waals surface area contributed by atoms with E-state index >= 15 is 0 Å². The molecule has 2 N–H and O–H groups in total. The standard InChI is InChI=1S/C14H17N3O3/c1-8(2)12(15)14-16-13(17-20-14)11-7-18-9-5-3-4-6-10(9)19-11/h3-6,8,11-12H,7,15H2,1-2H3. The average molecular weight is 275 g/mol. The number of nitrogens with two attached hydrogens (primary N) is 1. The minimum atomic E-state index is -0.373. The summed E-state index contributed by atoms with van der Waals surface area (Å²) in [5, 5.41) is 3.95. The fraction of sp³-hybridized carbons (Fsp3) is 0.429. The third-order valence-corrected chi connectivity index (χ3v) is 3.26. The summed E-state index contributed by atoms with van der Waals surface area (Å²) in [6.07, 6.45) is -0.373. The van der Waals surface area contributed by atoms with Crippen molar-refractivity contribution >= 4 is 0 Å². The third-order valence-electron chi connectivity index (χ3n) is 3.26. The lowest BCUT2D eigenvalue weighted by molar-refractivity contribution is 0.0832. The maximum atomic E-state index is 5.99. The number of ether oxygens (including phenoxy) is 2. The van der Waals surface area contributed by atoms with Gasteiger partial charge >= 0.3 is 0 Å². The molecular formula is C14H17N3O3. The lowest BCUT2D eigenvalue weighted by Gasteiger charge is -2.24. The molecule has 0 bridgehead atoms. The summed E-state index contributed by atoms with van der Waals surface area (Å²) in [4.78, 5) is 4.32. The van der Waals surface area contributed by atoms with Gasteiger partial charge in [-0.3, -0.25) is 0 Å². The van der Waals surface area contributed by atoms with E-state index < -0.39 is 0 Å². The van der Waals surface area contributed by atoms with E-state index in [2.05, 4.69) is 10.1 Å². The molecule has 3 rings (SSSR count). The topological polar surface area (TPSA) is 83.4 Å². The SMILES string of the molecule is CC(C)C(N)c1nc(C2COc3ccccc3O2)no1. The Morgan fingerprint density at radius 3 is 2.75 bits per heavy atom. The zero-order chi connectivity index (χ0) is 14.1. The van der Waals surface area contributed by atoms with Crippen LogP contribution in [0.15, 0.2) is 28.8 Å². The Kier molecular flexibility index (Phi) is 3.31. The van der Waals surface area contributed by atoms with Crippen LogP contribution in [0.25, 0.3) is 0 Å². The van der Waals surface area contributed by atoms with Gasteiger partial charge in [0.15, 0.2) is 17.6 Å². The second kappa shape index (κ2) is 5.13. The maximum absolute atomic E-state index is 5.99. The van der Waals surface area contributed by atoms with Crippen molar-refractivity contribution < 1.29 is 14.0 Å². The normalized spacial score (nSPS) is 19.1. The van der Waals surface area contributed by atoms with Crippen LogP contribution in [0, 0.1) is 5.92 Å². The molecular weight excluding hydrogens is 258 g/mol. The largest absolute Gasteiger partial charge is 0.485 e. The predicted molar refractivity (Wildman–Crippen MR) is 71.4 cm³/mol. The summed E-state index contributed by atoms with van der Waals surface area (Å²) in [7, 11) is 0. The van der Waals surface area contributed by atoms with Crippen molar-refractivity contribution in [1.29, 1.82) is 0 Å². The Bertz CT molecular complexity index is 597. The van der Waals surface area contributed by atoms with Crippen molar-refractivity contribution in [2.24, 2.45) is 11.7 Å². The number of hydrogen-bond donors (Lipinski definition) is 1. The Labute approximate surface area is 116 Å². The summed E-state index contributed by atoms with van der Waals surface area (Å²) in [5.74, 6) is 2.53. The van der Waals surface area contributed by atoms with Gasteiger partial charge in [-0.1, -0.05) is 31.1 Å². The maximum Gasteiger partial charge on any atom is 0.243 e. The first-order chi connectivity index (χ1) is 9.65. The quantitative estimate of drug-likeness (QED) is 0.924. The number of nitrogens with zero attached hydrogens (tertiary/aromatic N) is 2.